The zero-order chi connectivity index (χ0) is 26.5. The highest BCUT2D eigenvalue weighted by Gasteiger charge is 2.25. The molecule has 0 radical (unpaired) electrons. The van der Waals surface area contributed by atoms with Gasteiger partial charge in [-0.15, -0.1) is 0 Å². The third kappa shape index (κ3) is 20.0. The SMILES string of the molecule is CCCCC/C=C\C/C=C\CCCCCCCC(CC(O)CC(=O)OC(C)(C)C)OC1CCCCO1. The van der Waals surface area contributed by atoms with Crippen molar-refractivity contribution in [3.8, 4) is 0 Å². The molecule has 1 rings (SSSR count). The van der Waals surface area contributed by atoms with Crippen molar-refractivity contribution in [2.45, 2.75) is 161 Å². The minimum Gasteiger partial charge on any atom is -0.460 e. The van der Waals surface area contributed by atoms with Gasteiger partial charge >= 0.3 is 5.97 Å². The lowest BCUT2D eigenvalue weighted by molar-refractivity contribution is -0.195. The first kappa shape index (κ1) is 32.9. The Hall–Kier alpha value is -1.17. The molecule has 5 heteroatoms. The Morgan fingerprint density at radius 2 is 1.64 bits per heavy atom. The lowest BCUT2D eigenvalue weighted by Gasteiger charge is -2.29. The van der Waals surface area contributed by atoms with E-state index >= 15 is 0 Å². The highest BCUT2D eigenvalue weighted by atomic mass is 16.7. The van der Waals surface area contributed by atoms with Crippen LogP contribution in [0.3, 0.4) is 0 Å². The van der Waals surface area contributed by atoms with E-state index in [1.807, 2.05) is 20.8 Å². The average Bonchev–Trinajstić information content (AvgIpc) is 2.80. The van der Waals surface area contributed by atoms with Gasteiger partial charge in [-0.1, -0.05) is 69.8 Å². The van der Waals surface area contributed by atoms with E-state index in [0.717, 1.165) is 58.0 Å². The molecule has 1 aliphatic rings. The first-order valence-corrected chi connectivity index (χ1v) is 14.8. The number of aliphatic hydroxyl groups is 1. The first-order chi connectivity index (χ1) is 17.3. The first-order valence-electron chi connectivity index (χ1n) is 14.8. The zero-order valence-electron chi connectivity index (χ0n) is 23.8. The van der Waals surface area contributed by atoms with Crippen molar-refractivity contribution in [3.63, 3.8) is 0 Å². The standard InChI is InChI=1S/C31H56O5/c1-5-6-7-8-9-10-11-12-13-14-15-16-17-18-19-22-28(35-30-23-20-21-24-34-30)25-27(32)26-29(33)36-31(2,3)4/h9-10,12-13,27-28,30,32H,5-8,11,14-26H2,1-4H3/b10-9-,13-12-. The van der Waals surface area contributed by atoms with E-state index in [1.54, 1.807) is 0 Å². The molecular formula is C31H56O5. The number of hydrogen-bond donors (Lipinski definition) is 1. The number of aliphatic hydroxyl groups excluding tert-OH is 1. The molecule has 5 nitrogen and oxygen atoms in total. The molecule has 210 valence electrons. The van der Waals surface area contributed by atoms with Gasteiger partial charge in [0.2, 0.25) is 0 Å². The highest BCUT2D eigenvalue weighted by molar-refractivity contribution is 5.70. The summed E-state index contributed by atoms with van der Waals surface area (Å²) in [5.41, 5.74) is -0.538. The Kier molecular flexibility index (Phi) is 19.0. The van der Waals surface area contributed by atoms with Crippen LogP contribution in [0.4, 0.5) is 0 Å². The van der Waals surface area contributed by atoms with Crippen LogP contribution in [0.15, 0.2) is 24.3 Å². The summed E-state index contributed by atoms with van der Waals surface area (Å²) in [6, 6.07) is 0. The van der Waals surface area contributed by atoms with Crippen molar-refractivity contribution in [1.29, 1.82) is 0 Å². The van der Waals surface area contributed by atoms with Gasteiger partial charge in [-0.2, -0.15) is 0 Å². The molecule has 0 bridgehead atoms. The van der Waals surface area contributed by atoms with Gasteiger partial charge in [0.15, 0.2) is 6.29 Å². The van der Waals surface area contributed by atoms with E-state index in [4.69, 9.17) is 14.2 Å². The van der Waals surface area contributed by atoms with Crippen molar-refractivity contribution in [2.75, 3.05) is 6.61 Å². The van der Waals surface area contributed by atoms with Crippen molar-refractivity contribution in [2.24, 2.45) is 0 Å². The second kappa shape index (κ2) is 20.8. The van der Waals surface area contributed by atoms with Crippen LogP contribution < -0.4 is 0 Å². The van der Waals surface area contributed by atoms with Crippen LogP contribution in [-0.2, 0) is 19.0 Å². The van der Waals surface area contributed by atoms with Gasteiger partial charge in [-0.05, 0) is 78.6 Å². The molecule has 0 aromatic rings. The Morgan fingerprint density at radius 3 is 2.28 bits per heavy atom. The zero-order valence-corrected chi connectivity index (χ0v) is 23.8. The number of hydrogen-bond acceptors (Lipinski definition) is 5. The molecule has 0 spiro atoms. The molecule has 1 saturated heterocycles. The third-order valence-corrected chi connectivity index (χ3v) is 6.32. The maximum absolute atomic E-state index is 12.1. The average molecular weight is 509 g/mol. The molecule has 0 aliphatic carbocycles. The molecule has 0 amide bonds. The third-order valence-electron chi connectivity index (χ3n) is 6.32. The molecule has 1 N–H and O–H groups in total. The fraction of sp³-hybridized carbons (Fsp3) is 0.839. The van der Waals surface area contributed by atoms with Gasteiger partial charge < -0.3 is 19.3 Å². The van der Waals surface area contributed by atoms with E-state index in [0.29, 0.717) is 6.42 Å². The van der Waals surface area contributed by atoms with Crippen LogP contribution in [-0.4, -0.2) is 41.8 Å². The van der Waals surface area contributed by atoms with Gasteiger partial charge in [0.25, 0.3) is 0 Å². The Morgan fingerprint density at radius 1 is 0.972 bits per heavy atom. The van der Waals surface area contributed by atoms with Gasteiger partial charge in [0, 0.05) is 13.0 Å². The van der Waals surface area contributed by atoms with E-state index in [-0.39, 0.29) is 24.8 Å². The number of rotatable bonds is 20. The number of carbonyl (C=O) groups excluding carboxylic acids is 1. The smallest absolute Gasteiger partial charge is 0.308 e. The highest BCUT2D eigenvalue weighted by Crippen LogP contribution is 2.22. The van der Waals surface area contributed by atoms with E-state index in [9.17, 15) is 9.90 Å². The molecular weight excluding hydrogens is 452 g/mol. The molecule has 1 fully saturated rings. The van der Waals surface area contributed by atoms with Crippen LogP contribution in [0.2, 0.25) is 0 Å². The summed E-state index contributed by atoms with van der Waals surface area (Å²) in [4.78, 5) is 12.1. The molecule has 36 heavy (non-hydrogen) atoms. The van der Waals surface area contributed by atoms with Gasteiger partial charge in [-0.25, -0.2) is 0 Å². The summed E-state index contributed by atoms with van der Waals surface area (Å²) in [5.74, 6) is -0.361. The summed E-state index contributed by atoms with van der Waals surface area (Å²) < 4.78 is 17.3. The lowest BCUT2D eigenvalue weighted by atomic mass is 10.0. The van der Waals surface area contributed by atoms with Gasteiger partial charge in [0.1, 0.15) is 5.60 Å². The molecule has 0 aromatic carbocycles. The Labute approximate surface area is 222 Å². The molecule has 0 aromatic heterocycles. The Balaban J connectivity index is 2.23. The topological polar surface area (TPSA) is 65.0 Å². The van der Waals surface area contributed by atoms with E-state index in [1.165, 1.54) is 44.9 Å². The summed E-state index contributed by atoms with van der Waals surface area (Å²) >= 11 is 0. The van der Waals surface area contributed by atoms with Gasteiger partial charge in [-0.3, -0.25) is 4.79 Å². The molecule has 1 aliphatic heterocycles. The second-order valence-corrected chi connectivity index (χ2v) is 11.3. The van der Waals surface area contributed by atoms with Crippen LogP contribution in [0, 0.1) is 0 Å². The maximum atomic E-state index is 12.1. The van der Waals surface area contributed by atoms with E-state index in [2.05, 4.69) is 31.2 Å². The second-order valence-electron chi connectivity index (χ2n) is 11.3. The Bertz CT molecular complexity index is 586. The molecule has 3 atom stereocenters. The number of ether oxygens (including phenoxy) is 3. The summed E-state index contributed by atoms with van der Waals surface area (Å²) in [6.45, 7) is 8.50. The van der Waals surface area contributed by atoms with Gasteiger partial charge in [0.05, 0.1) is 18.6 Å². The van der Waals surface area contributed by atoms with Crippen LogP contribution in [0.25, 0.3) is 0 Å². The minimum absolute atomic E-state index is 0.00478. The van der Waals surface area contributed by atoms with Crippen LogP contribution in [0.5, 0.6) is 0 Å². The number of allylic oxidation sites excluding steroid dienone is 4. The van der Waals surface area contributed by atoms with Crippen LogP contribution in [0.1, 0.15) is 137 Å². The molecule has 0 saturated carbocycles. The van der Waals surface area contributed by atoms with Crippen molar-refractivity contribution in [1.82, 2.24) is 0 Å². The predicted molar refractivity (Wildman–Crippen MR) is 149 cm³/mol. The fourth-order valence-electron chi connectivity index (χ4n) is 4.42. The molecule has 1 heterocycles. The largest absolute Gasteiger partial charge is 0.460 e. The summed E-state index contributed by atoms with van der Waals surface area (Å²) in [5, 5.41) is 10.5. The number of unbranched alkanes of at least 4 members (excludes halogenated alkanes) is 8. The lowest BCUT2D eigenvalue weighted by Crippen LogP contribution is -2.32. The van der Waals surface area contributed by atoms with Crippen molar-refractivity contribution in [3.05, 3.63) is 24.3 Å². The van der Waals surface area contributed by atoms with E-state index < -0.39 is 11.7 Å². The summed E-state index contributed by atoms with van der Waals surface area (Å²) in [7, 11) is 0. The minimum atomic E-state index is -0.758. The maximum Gasteiger partial charge on any atom is 0.308 e. The van der Waals surface area contributed by atoms with Crippen LogP contribution >= 0.6 is 0 Å². The predicted octanol–water partition coefficient (Wildman–Crippen LogP) is 8.19. The van der Waals surface area contributed by atoms with Crippen molar-refractivity contribution < 1.29 is 24.1 Å². The number of esters is 1. The quantitative estimate of drug-likeness (QED) is 0.102. The summed E-state index contributed by atoms with van der Waals surface area (Å²) in [6.07, 6.45) is 25.9. The fourth-order valence-corrected chi connectivity index (χ4v) is 4.42. The molecule has 3 unspecified atom stereocenters. The monoisotopic (exact) mass is 508 g/mol. The van der Waals surface area contributed by atoms with Crippen molar-refractivity contribution >= 4 is 5.97 Å². The number of carbonyl (C=O) groups is 1. The normalized spacial score (nSPS) is 18.6.